The van der Waals surface area contributed by atoms with Crippen LogP contribution >= 0.6 is 11.3 Å². The number of benzene rings is 1. The molecule has 4 rings (SSSR count). The van der Waals surface area contributed by atoms with E-state index in [4.69, 9.17) is 20.2 Å². The van der Waals surface area contributed by atoms with Crippen molar-refractivity contribution in [2.45, 2.75) is 12.8 Å². The summed E-state index contributed by atoms with van der Waals surface area (Å²) in [5.74, 6) is 1.15. The third-order valence-electron chi connectivity index (χ3n) is 5.23. The number of aromatic amines is 1. The van der Waals surface area contributed by atoms with Gasteiger partial charge in [0.1, 0.15) is 4.70 Å². The summed E-state index contributed by atoms with van der Waals surface area (Å²) in [6.45, 7) is 1.17. The molecule has 1 atom stereocenters. The van der Waals surface area contributed by atoms with Crippen LogP contribution in [0.2, 0.25) is 0 Å². The van der Waals surface area contributed by atoms with E-state index in [9.17, 15) is 9.59 Å². The SMILES string of the molecule is COc1ccc(-c2csc3c(=O)[nH]c(N4CCC[C@H](C(N)=O)C4)nc23)cc1OC. The fourth-order valence-corrected chi connectivity index (χ4v) is 4.58. The summed E-state index contributed by atoms with van der Waals surface area (Å²) in [5.41, 5.74) is 7.65. The largest absolute Gasteiger partial charge is 0.493 e. The molecule has 1 aromatic carbocycles. The zero-order chi connectivity index (χ0) is 20.5. The molecule has 9 heteroatoms. The number of fused-ring (bicyclic) bond motifs is 1. The second-order valence-electron chi connectivity index (χ2n) is 6.97. The molecule has 29 heavy (non-hydrogen) atoms. The van der Waals surface area contributed by atoms with Crippen LogP contribution in [0, 0.1) is 5.92 Å². The maximum atomic E-state index is 12.7. The molecular weight excluding hydrogens is 392 g/mol. The van der Waals surface area contributed by atoms with E-state index in [1.165, 1.54) is 11.3 Å². The number of carbonyl (C=O) groups is 1. The number of amides is 1. The average molecular weight is 414 g/mol. The fourth-order valence-electron chi connectivity index (χ4n) is 3.68. The van der Waals surface area contributed by atoms with E-state index in [-0.39, 0.29) is 17.4 Å². The normalized spacial score (nSPS) is 16.8. The molecule has 1 saturated heterocycles. The lowest BCUT2D eigenvalue weighted by atomic mass is 9.98. The summed E-state index contributed by atoms with van der Waals surface area (Å²) in [6.07, 6.45) is 1.58. The van der Waals surface area contributed by atoms with Gasteiger partial charge in [-0.3, -0.25) is 14.6 Å². The number of anilines is 1. The summed E-state index contributed by atoms with van der Waals surface area (Å²) in [5, 5.41) is 1.92. The molecule has 1 aliphatic heterocycles. The summed E-state index contributed by atoms with van der Waals surface area (Å²) in [7, 11) is 3.17. The third-order valence-corrected chi connectivity index (χ3v) is 6.20. The van der Waals surface area contributed by atoms with Crippen LogP contribution < -0.4 is 25.7 Å². The number of primary amides is 1. The van der Waals surface area contributed by atoms with Gasteiger partial charge >= 0.3 is 0 Å². The number of hydrogen-bond donors (Lipinski definition) is 2. The van der Waals surface area contributed by atoms with Crippen molar-refractivity contribution in [3.63, 3.8) is 0 Å². The Morgan fingerprint density at radius 3 is 2.83 bits per heavy atom. The number of H-pyrrole nitrogens is 1. The van der Waals surface area contributed by atoms with Gasteiger partial charge in [-0.2, -0.15) is 0 Å². The zero-order valence-electron chi connectivity index (χ0n) is 16.2. The molecule has 8 nitrogen and oxygen atoms in total. The number of carbonyl (C=O) groups excluding carboxylic acids is 1. The molecule has 0 spiro atoms. The first kappa shape index (κ1) is 19.3. The topological polar surface area (TPSA) is 111 Å². The molecule has 0 unspecified atom stereocenters. The van der Waals surface area contributed by atoms with Crippen LogP contribution in [0.5, 0.6) is 11.5 Å². The van der Waals surface area contributed by atoms with Gasteiger partial charge in [-0.05, 0) is 30.5 Å². The molecule has 152 valence electrons. The van der Waals surface area contributed by atoms with E-state index >= 15 is 0 Å². The first-order chi connectivity index (χ1) is 14.0. The summed E-state index contributed by atoms with van der Waals surface area (Å²) in [4.78, 5) is 33.8. The molecule has 1 aliphatic rings. The molecular formula is C20H22N4O4S. The van der Waals surface area contributed by atoms with Crippen LogP contribution in [0.25, 0.3) is 21.3 Å². The standard InChI is InChI=1S/C20H22N4O4S/c1-27-14-6-5-11(8-15(14)28-2)13-10-29-17-16(13)22-20(23-19(17)26)24-7-3-4-12(9-24)18(21)25/h5-6,8,10,12H,3-4,7,9H2,1-2H3,(H2,21,25)(H,22,23,26)/t12-/m0/s1. The van der Waals surface area contributed by atoms with Gasteiger partial charge in [-0.1, -0.05) is 6.07 Å². The molecule has 3 aromatic rings. The maximum absolute atomic E-state index is 12.7. The lowest BCUT2D eigenvalue weighted by molar-refractivity contribution is -0.122. The molecule has 3 N–H and O–H groups in total. The highest BCUT2D eigenvalue weighted by Crippen LogP contribution is 2.37. The lowest BCUT2D eigenvalue weighted by Gasteiger charge is -2.31. The lowest BCUT2D eigenvalue weighted by Crippen LogP contribution is -2.42. The fraction of sp³-hybridized carbons (Fsp3) is 0.350. The number of thiophene rings is 1. The van der Waals surface area contributed by atoms with Crippen LogP contribution in [0.1, 0.15) is 12.8 Å². The van der Waals surface area contributed by atoms with Gasteiger partial charge in [0.2, 0.25) is 11.9 Å². The van der Waals surface area contributed by atoms with Crippen molar-refractivity contribution in [2.24, 2.45) is 11.7 Å². The number of aromatic nitrogens is 2. The van der Waals surface area contributed by atoms with Crippen molar-refractivity contribution in [3.8, 4) is 22.6 Å². The van der Waals surface area contributed by atoms with Crippen LogP contribution in [0.15, 0.2) is 28.4 Å². The number of nitrogens with two attached hydrogens (primary N) is 1. The molecule has 0 radical (unpaired) electrons. The van der Waals surface area contributed by atoms with Gasteiger partial charge in [0.25, 0.3) is 5.56 Å². The second kappa shape index (κ2) is 7.75. The van der Waals surface area contributed by atoms with Crippen molar-refractivity contribution in [1.29, 1.82) is 0 Å². The summed E-state index contributed by atoms with van der Waals surface area (Å²) >= 11 is 1.35. The van der Waals surface area contributed by atoms with E-state index in [1.807, 2.05) is 28.5 Å². The Bertz CT molecular complexity index is 1120. The Labute approximate surface area is 171 Å². The molecule has 1 fully saturated rings. The van der Waals surface area contributed by atoms with Crippen molar-refractivity contribution < 1.29 is 14.3 Å². The number of hydrogen-bond acceptors (Lipinski definition) is 7. The smallest absolute Gasteiger partial charge is 0.270 e. The van der Waals surface area contributed by atoms with Crippen molar-refractivity contribution in [1.82, 2.24) is 9.97 Å². The minimum absolute atomic E-state index is 0.192. The Morgan fingerprint density at radius 1 is 1.31 bits per heavy atom. The van der Waals surface area contributed by atoms with Gasteiger partial charge in [0, 0.05) is 24.0 Å². The van der Waals surface area contributed by atoms with Gasteiger partial charge < -0.3 is 20.1 Å². The zero-order valence-corrected chi connectivity index (χ0v) is 17.0. The second-order valence-corrected chi connectivity index (χ2v) is 7.85. The monoisotopic (exact) mass is 414 g/mol. The highest BCUT2D eigenvalue weighted by Gasteiger charge is 2.26. The Balaban J connectivity index is 1.78. The third kappa shape index (κ3) is 3.53. The van der Waals surface area contributed by atoms with Crippen molar-refractivity contribution >= 4 is 33.4 Å². The van der Waals surface area contributed by atoms with E-state index < -0.39 is 0 Å². The predicted octanol–water partition coefficient (Wildman–Crippen LogP) is 2.37. The maximum Gasteiger partial charge on any atom is 0.270 e. The van der Waals surface area contributed by atoms with Crippen LogP contribution in [0.4, 0.5) is 5.95 Å². The number of ether oxygens (including phenoxy) is 2. The van der Waals surface area contributed by atoms with E-state index in [0.717, 1.165) is 24.0 Å². The number of piperidine rings is 1. The first-order valence-electron chi connectivity index (χ1n) is 9.30. The number of nitrogens with zero attached hydrogens (tertiary/aromatic N) is 2. The van der Waals surface area contributed by atoms with Crippen LogP contribution in [-0.2, 0) is 4.79 Å². The first-order valence-corrected chi connectivity index (χ1v) is 10.2. The van der Waals surface area contributed by atoms with Gasteiger partial charge in [0.15, 0.2) is 11.5 Å². The number of rotatable bonds is 5. The summed E-state index contributed by atoms with van der Waals surface area (Å²) < 4.78 is 11.3. The quantitative estimate of drug-likeness (QED) is 0.663. The summed E-state index contributed by atoms with van der Waals surface area (Å²) in [6, 6.07) is 5.61. The minimum atomic E-state index is -0.320. The van der Waals surface area contributed by atoms with Crippen LogP contribution in [0.3, 0.4) is 0 Å². The molecule has 3 heterocycles. The minimum Gasteiger partial charge on any atom is -0.493 e. The Hall–Kier alpha value is -3.07. The molecule has 0 bridgehead atoms. The van der Waals surface area contributed by atoms with Crippen LogP contribution in [-0.4, -0.2) is 43.2 Å². The average Bonchev–Trinajstić information content (AvgIpc) is 3.18. The van der Waals surface area contributed by atoms with Gasteiger partial charge in [-0.15, -0.1) is 11.3 Å². The van der Waals surface area contributed by atoms with E-state index in [0.29, 0.717) is 40.8 Å². The molecule has 0 aliphatic carbocycles. The van der Waals surface area contributed by atoms with Gasteiger partial charge in [-0.25, -0.2) is 4.98 Å². The van der Waals surface area contributed by atoms with E-state index in [2.05, 4.69) is 4.98 Å². The highest BCUT2D eigenvalue weighted by atomic mass is 32.1. The molecule has 0 saturated carbocycles. The predicted molar refractivity (Wildman–Crippen MR) is 113 cm³/mol. The van der Waals surface area contributed by atoms with Crippen molar-refractivity contribution in [3.05, 3.63) is 33.9 Å². The molecule has 1 amide bonds. The Kier molecular flexibility index (Phi) is 5.14. The Morgan fingerprint density at radius 2 is 2.10 bits per heavy atom. The number of methoxy groups -OCH3 is 2. The van der Waals surface area contributed by atoms with Crippen molar-refractivity contribution in [2.75, 3.05) is 32.2 Å². The van der Waals surface area contributed by atoms with Gasteiger partial charge in [0.05, 0.1) is 25.7 Å². The molecule has 2 aromatic heterocycles. The number of nitrogens with one attached hydrogen (secondary N) is 1. The highest BCUT2D eigenvalue weighted by molar-refractivity contribution is 7.17. The van der Waals surface area contributed by atoms with E-state index in [1.54, 1.807) is 14.2 Å².